The van der Waals surface area contributed by atoms with Crippen LogP contribution in [0.4, 0.5) is 16.5 Å². The first-order valence-electron chi connectivity index (χ1n) is 10.9. The summed E-state index contributed by atoms with van der Waals surface area (Å²) in [4.78, 5) is 39.4. The molecule has 2 heterocycles. The molecule has 0 bridgehead atoms. The zero-order valence-electron chi connectivity index (χ0n) is 19.0. The lowest BCUT2D eigenvalue weighted by Gasteiger charge is -2.19. The minimum atomic E-state index is -3.90. The van der Waals surface area contributed by atoms with E-state index in [4.69, 9.17) is 4.74 Å². The smallest absolute Gasteiger partial charge is 0.338 e. The van der Waals surface area contributed by atoms with E-state index < -0.39 is 33.4 Å². The highest BCUT2D eigenvalue weighted by Gasteiger charge is 2.31. The topological polar surface area (TPSA) is 149 Å². The number of hydrogen-bond acceptors (Lipinski definition) is 9. The van der Waals surface area contributed by atoms with Crippen LogP contribution in [0.3, 0.4) is 0 Å². The maximum atomic E-state index is 13.2. The Labute approximate surface area is 214 Å². The van der Waals surface area contributed by atoms with Crippen LogP contribution in [0.2, 0.25) is 0 Å². The fourth-order valence-corrected chi connectivity index (χ4v) is 6.38. The van der Waals surface area contributed by atoms with Crippen LogP contribution in [0.15, 0.2) is 71.6 Å². The third kappa shape index (κ3) is 4.86. The number of nitro benzene ring substituents is 1. The van der Waals surface area contributed by atoms with Gasteiger partial charge >= 0.3 is 5.97 Å². The molecule has 5 rings (SSSR count). The van der Waals surface area contributed by atoms with Gasteiger partial charge in [0.05, 0.1) is 31.3 Å². The molecule has 0 aliphatic carbocycles. The monoisotopic (exact) mass is 538 g/mol. The number of carbonyl (C=O) groups is 2. The van der Waals surface area contributed by atoms with E-state index in [1.54, 1.807) is 12.1 Å². The molecule has 0 radical (unpaired) electrons. The van der Waals surface area contributed by atoms with E-state index in [9.17, 15) is 28.1 Å². The van der Waals surface area contributed by atoms with Crippen molar-refractivity contribution in [2.75, 3.05) is 22.8 Å². The first-order chi connectivity index (χ1) is 17.7. The first-order valence-corrected chi connectivity index (χ1v) is 13.2. The van der Waals surface area contributed by atoms with E-state index in [1.165, 1.54) is 46.8 Å². The molecule has 1 amide bonds. The van der Waals surface area contributed by atoms with Gasteiger partial charge in [0.15, 0.2) is 11.7 Å². The maximum absolute atomic E-state index is 13.2. The molecule has 1 aromatic heterocycles. The van der Waals surface area contributed by atoms with Crippen molar-refractivity contribution in [2.45, 2.75) is 11.3 Å². The number of nitrogens with one attached hydrogen (secondary N) is 1. The molecule has 0 unspecified atom stereocenters. The number of para-hydroxylation sites is 1. The lowest BCUT2D eigenvalue weighted by Crippen LogP contribution is -2.29. The number of sulfonamides is 1. The number of fused-ring (bicyclic) bond motifs is 2. The predicted octanol–water partition coefficient (Wildman–Crippen LogP) is 3.75. The van der Waals surface area contributed by atoms with Crippen LogP contribution in [-0.4, -0.2) is 43.4 Å². The van der Waals surface area contributed by atoms with Crippen molar-refractivity contribution < 1.29 is 27.7 Å². The van der Waals surface area contributed by atoms with E-state index >= 15 is 0 Å². The van der Waals surface area contributed by atoms with Crippen molar-refractivity contribution in [3.63, 3.8) is 0 Å². The molecule has 0 saturated heterocycles. The fraction of sp³-hybridized carbons (Fsp3) is 0.125. The Morgan fingerprint density at radius 2 is 1.92 bits per heavy atom. The van der Waals surface area contributed by atoms with Gasteiger partial charge in [0.2, 0.25) is 0 Å². The summed E-state index contributed by atoms with van der Waals surface area (Å²) in [6.07, 6.45) is 0.595. The molecule has 0 atom stereocenters. The summed E-state index contributed by atoms with van der Waals surface area (Å²) in [7, 11) is -3.90. The Morgan fingerprint density at radius 1 is 1.11 bits per heavy atom. The molecule has 1 aliphatic heterocycles. The van der Waals surface area contributed by atoms with Crippen molar-refractivity contribution in [3.8, 4) is 0 Å². The second-order valence-corrected chi connectivity index (χ2v) is 10.9. The zero-order chi connectivity index (χ0) is 26.2. The Kier molecular flexibility index (Phi) is 6.31. The standard InChI is InChI=1S/C24H18N4O7S2/c29-22(26-24-25-19-9-8-17(28(31)32)13-21(19)36-24)14-35-23(30)16-5-3-6-18(12-16)37(33,34)27-11-10-15-4-1-2-7-20(15)27/h1-9,12-13H,10-11,14H2,(H,25,26,29). The number of esters is 1. The van der Waals surface area contributed by atoms with Gasteiger partial charge in [0, 0.05) is 18.7 Å². The normalized spacial score (nSPS) is 12.8. The van der Waals surface area contributed by atoms with Crippen LogP contribution in [0, 0.1) is 10.1 Å². The number of nitrogens with zero attached hydrogens (tertiary/aromatic N) is 3. The van der Waals surface area contributed by atoms with E-state index in [1.807, 2.05) is 12.1 Å². The van der Waals surface area contributed by atoms with Crippen LogP contribution >= 0.6 is 11.3 Å². The van der Waals surface area contributed by atoms with Crippen molar-refractivity contribution in [1.29, 1.82) is 0 Å². The second-order valence-electron chi connectivity index (χ2n) is 8.04. The Hall–Kier alpha value is -4.36. The van der Waals surface area contributed by atoms with Crippen molar-refractivity contribution in [1.82, 2.24) is 4.98 Å². The van der Waals surface area contributed by atoms with Crippen LogP contribution < -0.4 is 9.62 Å². The third-order valence-electron chi connectivity index (χ3n) is 5.67. The second kappa shape index (κ2) is 9.59. The van der Waals surface area contributed by atoms with E-state index in [2.05, 4.69) is 10.3 Å². The van der Waals surface area contributed by atoms with Gasteiger partial charge in [-0.3, -0.25) is 24.5 Å². The van der Waals surface area contributed by atoms with Gasteiger partial charge in [-0.1, -0.05) is 35.6 Å². The number of nitro groups is 1. The number of amides is 1. The molecule has 4 aromatic rings. The van der Waals surface area contributed by atoms with Crippen LogP contribution in [0.5, 0.6) is 0 Å². The van der Waals surface area contributed by atoms with Gasteiger partial charge in [-0.25, -0.2) is 18.2 Å². The summed E-state index contributed by atoms with van der Waals surface area (Å²) in [5, 5.41) is 13.6. The summed E-state index contributed by atoms with van der Waals surface area (Å²) < 4.78 is 33.4. The molecule has 0 fully saturated rings. The summed E-state index contributed by atoms with van der Waals surface area (Å²) in [5.74, 6) is -1.53. The van der Waals surface area contributed by atoms with E-state index in [-0.39, 0.29) is 21.3 Å². The molecule has 1 aliphatic rings. The van der Waals surface area contributed by atoms with Gasteiger partial charge in [-0.05, 0) is 42.3 Å². The summed E-state index contributed by atoms with van der Waals surface area (Å²) >= 11 is 1.04. The highest BCUT2D eigenvalue weighted by Crippen LogP contribution is 2.33. The SMILES string of the molecule is O=C(COC(=O)c1cccc(S(=O)(=O)N2CCc3ccccc32)c1)Nc1nc2ccc([N+](=O)[O-])cc2s1. The summed E-state index contributed by atoms with van der Waals surface area (Å²) in [5.41, 5.74) is 1.90. The van der Waals surface area contributed by atoms with Gasteiger partial charge in [0.25, 0.3) is 21.6 Å². The maximum Gasteiger partial charge on any atom is 0.338 e. The number of hydrogen-bond donors (Lipinski definition) is 1. The quantitative estimate of drug-likeness (QED) is 0.212. The molecule has 188 valence electrons. The van der Waals surface area contributed by atoms with Crippen LogP contribution in [0.25, 0.3) is 10.2 Å². The number of ether oxygens (including phenoxy) is 1. The summed E-state index contributed by atoms with van der Waals surface area (Å²) in [6, 6.07) is 16.8. The van der Waals surface area contributed by atoms with Crippen molar-refractivity contribution in [2.24, 2.45) is 0 Å². The molecule has 1 N–H and O–H groups in total. The third-order valence-corrected chi connectivity index (χ3v) is 8.41. The molecular formula is C24H18N4O7S2. The fourth-order valence-electron chi connectivity index (χ4n) is 3.92. The van der Waals surface area contributed by atoms with Crippen LogP contribution in [0.1, 0.15) is 15.9 Å². The predicted molar refractivity (Wildman–Crippen MR) is 136 cm³/mol. The summed E-state index contributed by atoms with van der Waals surface area (Å²) in [6.45, 7) is -0.332. The number of benzene rings is 3. The Balaban J connectivity index is 1.24. The number of anilines is 2. The molecule has 0 spiro atoms. The van der Waals surface area contributed by atoms with Gasteiger partial charge in [-0.2, -0.15) is 0 Å². The number of rotatable bonds is 7. The van der Waals surface area contributed by atoms with Gasteiger partial charge < -0.3 is 4.74 Å². The average molecular weight is 539 g/mol. The van der Waals surface area contributed by atoms with Gasteiger partial charge in [0.1, 0.15) is 0 Å². The zero-order valence-corrected chi connectivity index (χ0v) is 20.6. The minimum absolute atomic E-state index is 0.0198. The van der Waals surface area contributed by atoms with E-state index in [0.717, 1.165) is 16.9 Å². The molecule has 0 saturated carbocycles. The van der Waals surface area contributed by atoms with Gasteiger partial charge in [-0.15, -0.1) is 0 Å². The average Bonchev–Trinajstić information content (AvgIpc) is 3.51. The van der Waals surface area contributed by atoms with Crippen molar-refractivity contribution >= 4 is 60.0 Å². The van der Waals surface area contributed by atoms with E-state index in [0.29, 0.717) is 28.9 Å². The number of thiazole rings is 1. The van der Waals surface area contributed by atoms with Crippen molar-refractivity contribution in [3.05, 3.63) is 88.0 Å². The molecule has 11 nitrogen and oxygen atoms in total. The molecule has 37 heavy (non-hydrogen) atoms. The number of non-ortho nitro benzene ring substituents is 1. The largest absolute Gasteiger partial charge is 0.452 e. The van der Waals surface area contributed by atoms with Crippen LogP contribution in [-0.2, 0) is 26.0 Å². The highest BCUT2D eigenvalue weighted by atomic mass is 32.2. The molecular weight excluding hydrogens is 520 g/mol. The Morgan fingerprint density at radius 3 is 2.73 bits per heavy atom. The minimum Gasteiger partial charge on any atom is -0.452 e. The molecule has 3 aromatic carbocycles. The number of carbonyl (C=O) groups excluding carboxylic acids is 2. The first kappa shape index (κ1) is 24.3. The Bertz CT molecular complexity index is 1670. The lowest BCUT2D eigenvalue weighted by atomic mass is 10.2. The number of aromatic nitrogens is 1. The molecule has 13 heteroatoms. The highest BCUT2D eigenvalue weighted by molar-refractivity contribution is 7.92. The lowest BCUT2D eigenvalue weighted by molar-refractivity contribution is -0.384.